The zero-order valence-electron chi connectivity index (χ0n) is 12.9. The molecule has 0 saturated carbocycles. The smallest absolute Gasteiger partial charge is 0.255 e. The Labute approximate surface area is 143 Å². The van der Waals surface area contributed by atoms with Crippen molar-refractivity contribution >= 4 is 17.5 Å². The van der Waals surface area contributed by atoms with Crippen LogP contribution in [0.3, 0.4) is 0 Å². The van der Waals surface area contributed by atoms with E-state index in [0.717, 1.165) is 24.4 Å². The fraction of sp³-hybridized carbons (Fsp3) is 0.294. The van der Waals surface area contributed by atoms with Crippen LogP contribution in [0.1, 0.15) is 16.1 Å². The molecule has 1 aliphatic heterocycles. The highest BCUT2D eigenvalue weighted by molar-refractivity contribution is 6.33. The number of carbonyl (C=O) groups excluding carboxylic acids is 1. The van der Waals surface area contributed by atoms with E-state index in [0.29, 0.717) is 26.2 Å². The zero-order chi connectivity index (χ0) is 17.1. The lowest BCUT2D eigenvalue weighted by molar-refractivity contribution is 0.0626. The van der Waals surface area contributed by atoms with Crippen LogP contribution >= 0.6 is 11.6 Å². The second-order valence-electron chi connectivity index (χ2n) is 5.64. The highest BCUT2D eigenvalue weighted by Crippen LogP contribution is 2.22. The van der Waals surface area contributed by atoms with Crippen LogP contribution in [0.2, 0.25) is 5.02 Å². The Morgan fingerprint density at radius 1 is 1.12 bits per heavy atom. The summed E-state index contributed by atoms with van der Waals surface area (Å²) in [5, 5.41) is -0.0742. The summed E-state index contributed by atoms with van der Waals surface area (Å²) in [5.74, 6) is -2.51. The van der Waals surface area contributed by atoms with Crippen molar-refractivity contribution in [3.63, 3.8) is 0 Å². The molecular weight excluding hydrogens is 336 g/mol. The molecule has 7 heteroatoms. The molecule has 1 aromatic carbocycles. The summed E-state index contributed by atoms with van der Waals surface area (Å²) in [7, 11) is 0. The number of nitrogens with zero attached hydrogens (tertiary/aromatic N) is 3. The maximum atomic E-state index is 13.4. The van der Waals surface area contributed by atoms with Crippen LogP contribution in [-0.2, 0) is 6.54 Å². The van der Waals surface area contributed by atoms with Crippen molar-refractivity contribution in [1.82, 2.24) is 14.8 Å². The van der Waals surface area contributed by atoms with Gasteiger partial charge >= 0.3 is 0 Å². The van der Waals surface area contributed by atoms with E-state index in [1.165, 1.54) is 0 Å². The molecule has 0 atom stereocenters. The third kappa shape index (κ3) is 3.71. The molecule has 4 nitrogen and oxygen atoms in total. The molecule has 126 valence electrons. The largest absolute Gasteiger partial charge is 0.336 e. The first-order chi connectivity index (χ1) is 11.5. The number of piperazine rings is 1. The van der Waals surface area contributed by atoms with Gasteiger partial charge in [0.25, 0.3) is 5.91 Å². The molecule has 1 amide bonds. The van der Waals surface area contributed by atoms with E-state index in [9.17, 15) is 13.6 Å². The van der Waals surface area contributed by atoms with Gasteiger partial charge in [0, 0.05) is 38.9 Å². The lowest BCUT2D eigenvalue weighted by atomic mass is 10.1. The standard InChI is InChI=1S/C17H16ClF2N3O/c18-14-10-16(20)15(19)9-13(14)17(24)23-7-5-22(6-8-23)11-12-3-1-2-4-21-12/h1-4,9-10H,5-8,11H2. The van der Waals surface area contributed by atoms with Crippen molar-refractivity contribution in [2.45, 2.75) is 6.54 Å². The summed E-state index contributed by atoms with van der Waals surface area (Å²) < 4.78 is 26.5. The molecule has 0 N–H and O–H groups in total. The minimum atomic E-state index is -1.07. The highest BCUT2D eigenvalue weighted by atomic mass is 35.5. The lowest BCUT2D eigenvalue weighted by Crippen LogP contribution is -2.48. The summed E-state index contributed by atoms with van der Waals surface area (Å²) in [6, 6.07) is 7.46. The van der Waals surface area contributed by atoms with Gasteiger partial charge in [0.05, 0.1) is 16.3 Å². The van der Waals surface area contributed by atoms with Gasteiger partial charge in [-0.2, -0.15) is 0 Å². The fourth-order valence-electron chi connectivity index (χ4n) is 2.69. The van der Waals surface area contributed by atoms with Gasteiger partial charge in [0.1, 0.15) is 0 Å². The van der Waals surface area contributed by atoms with E-state index in [1.54, 1.807) is 11.1 Å². The number of hydrogen-bond acceptors (Lipinski definition) is 3. The molecule has 1 saturated heterocycles. The van der Waals surface area contributed by atoms with Crippen LogP contribution in [-0.4, -0.2) is 46.9 Å². The number of hydrogen-bond donors (Lipinski definition) is 0. The van der Waals surface area contributed by atoms with Crippen molar-refractivity contribution in [3.8, 4) is 0 Å². The summed E-state index contributed by atoms with van der Waals surface area (Å²) in [5.41, 5.74) is 0.967. The number of rotatable bonds is 3. The number of halogens is 3. The Kier molecular flexibility index (Phi) is 5.06. The molecule has 2 heterocycles. The van der Waals surface area contributed by atoms with Crippen molar-refractivity contribution in [3.05, 3.63) is 64.4 Å². The molecule has 0 radical (unpaired) electrons. The van der Waals surface area contributed by atoms with Gasteiger partial charge in [-0.05, 0) is 24.3 Å². The van der Waals surface area contributed by atoms with Crippen LogP contribution in [0, 0.1) is 11.6 Å². The van der Waals surface area contributed by atoms with Gasteiger partial charge < -0.3 is 4.90 Å². The molecule has 2 aromatic rings. The first-order valence-electron chi connectivity index (χ1n) is 7.60. The second kappa shape index (κ2) is 7.23. The number of carbonyl (C=O) groups is 1. The first kappa shape index (κ1) is 16.8. The minimum Gasteiger partial charge on any atom is -0.336 e. The van der Waals surface area contributed by atoms with E-state index >= 15 is 0 Å². The van der Waals surface area contributed by atoms with Crippen LogP contribution in [0.15, 0.2) is 36.5 Å². The quantitative estimate of drug-likeness (QED) is 0.798. The predicted molar refractivity (Wildman–Crippen MR) is 86.8 cm³/mol. The topological polar surface area (TPSA) is 36.4 Å². The second-order valence-corrected chi connectivity index (χ2v) is 6.04. The van der Waals surface area contributed by atoms with E-state index in [1.807, 2.05) is 18.2 Å². The summed E-state index contributed by atoms with van der Waals surface area (Å²) >= 11 is 5.88. The highest BCUT2D eigenvalue weighted by Gasteiger charge is 2.25. The number of amides is 1. The van der Waals surface area contributed by atoms with E-state index in [2.05, 4.69) is 9.88 Å². The average molecular weight is 352 g/mol. The molecule has 1 aliphatic rings. The Morgan fingerprint density at radius 2 is 1.83 bits per heavy atom. The van der Waals surface area contributed by atoms with Gasteiger partial charge in [0.2, 0.25) is 0 Å². The third-order valence-corrected chi connectivity index (χ3v) is 4.32. The molecular formula is C17H16ClF2N3O. The molecule has 0 aliphatic carbocycles. The van der Waals surface area contributed by atoms with Gasteiger partial charge in [0.15, 0.2) is 11.6 Å². The molecule has 0 spiro atoms. The summed E-state index contributed by atoms with van der Waals surface area (Å²) in [6.07, 6.45) is 1.75. The lowest BCUT2D eigenvalue weighted by Gasteiger charge is -2.34. The molecule has 0 unspecified atom stereocenters. The predicted octanol–water partition coefficient (Wildman–Crippen LogP) is 2.97. The number of aromatic nitrogens is 1. The van der Waals surface area contributed by atoms with Gasteiger partial charge in [-0.25, -0.2) is 8.78 Å². The fourth-order valence-corrected chi connectivity index (χ4v) is 2.92. The van der Waals surface area contributed by atoms with Crippen LogP contribution < -0.4 is 0 Å². The Bertz CT molecular complexity index is 734. The van der Waals surface area contributed by atoms with E-state index in [4.69, 9.17) is 11.6 Å². The SMILES string of the molecule is O=C(c1cc(F)c(F)cc1Cl)N1CCN(Cc2ccccn2)CC1. The normalized spacial score (nSPS) is 15.5. The van der Waals surface area contributed by atoms with Crippen LogP contribution in [0.5, 0.6) is 0 Å². The number of benzene rings is 1. The molecule has 3 rings (SSSR count). The maximum Gasteiger partial charge on any atom is 0.255 e. The molecule has 1 aromatic heterocycles. The summed E-state index contributed by atoms with van der Waals surface area (Å²) in [6.45, 7) is 3.09. The summed E-state index contributed by atoms with van der Waals surface area (Å²) in [4.78, 5) is 20.6. The molecule has 0 bridgehead atoms. The van der Waals surface area contributed by atoms with Crippen LogP contribution in [0.25, 0.3) is 0 Å². The van der Waals surface area contributed by atoms with Crippen molar-refractivity contribution < 1.29 is 13.6 Å². The van der Waals surface area contributed by atoms with Crippen molar-refractivity contribution in [1.29, 1.82) is 0 Å². The Morgan fingerprint density at radius 3 is 2.50 bits per heavy atom. The van der Waals surface area contributed by atoms with Gasteiger partial charge in [-0.15, -0.1) is 0 Å². The van der Waals surface area contributed by atoms with E-state index in [-0.39, 0.29) is 16.5 Å². The first-order valence-corrected chi connectivity index (χ1v) is 7.98. The molecule has 24 heavy (non-hydrogen) atoms. The number of pyridine rings is 1. The average Bonchev–Trinajstić information content (AvgIpc) is 2.59. The van der Waals surface area contributed by atoms with Gasteiger partial charge in [-0.3, -0.25) is 14.7 Å². The Hall–Kier alpha value is -2.05. The van der Waals surface area contributed by atoms with E-state index < -0.39 is 11.6 Å². The van der Waals surface area contributed by atoms with Crippen molar-refractivity contribution in [2.24, 2.45) is 0 Å². The van der Waals surface area contributed by atoms with Crippen LogP contribution in [0.4, 0.5) is 8.78 Å². The minimum absolute atomic E-state index is 0.00579. The Balaban J connectivity index is 1.62. The third-order valence-electron chi connectivity index (χ3n) is 4.01. The monoisotopic (exact) mass is 351 g/mol. The zero-order valence-corrected chi connectivity index (χ0v) is 13.6. The maximum absolute atomic E-state index is 13.4. The molecule has 1 fully saturated rings. The van der Waals surface area contributed by atoms with Crippen molar-refractivity contribution in [2.75, 3.05) is 26.2 Å². The van der Waals surface area contributed by atoms with Gasteiger partial charge in [-0.1, -0.05) is 17.7 Å².